The van der Waals surface area contributed by atoms with Crippen molar-refractivity contribution in [3.63, 3.8) is 0 Å². The Morgan fingerprint density at radius 3 is 2.52 bits per heavy atom. The van der Waals surface area contributed by atoms with E-state index in [9.17, 15) is 14.7 Å². The zero-order chi connectivity index (χ0) is 18.1. The summed E-state index contributed by atoms with van der Waals surface area (Å²) in [6.45, 7) is 0. The number of aryl methyl sites for hydroxylation is 1. The predicted molar refractivity (Wildman–Crippen MR) is 98.0 cm³/mol. The lowest BCUT2D eigenvalue weighted by atomic mass is 10.1. The van der Waals surface area contributed by atoms with Crippen LogP contribution in [0, 0.1) is 0 Å². The lowest BCUT2D eigenvalue weighted by molar-refractivity contribution is -0.142. The van der Waals surface area contributed by atoms with E-state index in [2.05, 4.69) is 16.8 Å². The van der Waals surface area contributed by atoms with Crippen LogP contribution in [0.25, 0.3) is 0 Å². The minimum absolute atomic E-state index is 0.237. The van der Waals surface area contributed by atoms with Gasteiger partial charge in [0.15, 0.2) is 6.04 Å². The first-order valence-electron chi connectivity index (χ1n) is 8.28. The number of methoxy groups -OCH3 is 1. The zero-order valence-corrected chi connectivity index (χ0v) is 15.1. The largest absolute Gasteiger partial charge is 0.497 e. The fourth-order valence-corrected chi connectivity index (χ4v) is 3.28. The minimum Gasteiger partial charge on any atom is -0.497 e. The maximum Gasteiger partial charge on any atom is 0.330 e. The van der Waals surface area contributed by atoms with Crippen LogP contribution in [0.2, 0.25) is 0 Å². The molecule has 1 aromatic carbocycles. The minimum atomic E-state index is -1.07. The summed E-state index contributed by atoms with van der Waals surface area (Å²) in [7, 11) is 1.55. The van der Waals surface area contributed by atoms with E-state index in [1.54, 1.807) is 42.7 Å². The molecular formula is C19H23NO4S. The molecular weight excluding hydrogens is 338 g/mol. The van der Waals surface area contributed by atoms with E-state index in [1.165, 1.54) is 4.88 Å². The van der Waals surface area contributed by atoms with Crippen LogP contribution >= 0.6 is 11.3 Å². The molecule has 0 aliphatic rings. The third-order valence-corrected chi connectivity index (χ3v) is 4.84. The van der Waals surface area contributed by atoms with Crippen molar-refractivity contribution >= 4 is 23.2 Å². The van der Waals surface area contributed by atoms with E-state index in [0.29, 0.717) is 17.7 Å². The second kappa shape index (κ2) is 9.84. The summed E-state index contributed by atoms with van der Waals surface area (Å²) in [5, 5.41) is 14.0. The van der Waals surface area contributed by atoms with Crippen LogP contribution < -0.4 is 10.1 Å². The van der Waals surface area contributed by atoms with Crippen molar-refractivity contribution in [1.29, 1.82) is 0 Å². The molecule has 0 bridgehead atoms. The number of carboxylic acids is 1. The second-order valence-electron chi connectivity index (χ2n) is 5.75. The molecule has 0 spiro atoms. The molecule has 2 aromatic rings. The van der Waals surface area contributed by atoms with E-state index < -0.39 is 12.0 Å². The number of thiophene rings is 1. The third-order valence-electron chi connectivity index (χ3n) is 3.91. The average Bonchev–Trinajstić information content (AvgIpc) is 3.13. The molecule has 1 unspecified atom stereocenters. The number of hydrogen-bond acceptors (Lipinski definition) is 4. The number of carboxylic acid groups (broad SMARTS) is 1. The summed E-state index contributed by atoms with van der Waals surface area (Å²) < 4.78 is 5.06. The van der Waals surface area contributed by atoms with Crippen molar-refractivity contribution < 1.29 is 19.4 Å². The highest BCUT2D eigenvalue weighted by Crippen LogP contribution is 2.18. The summed E-state index contributed by atoms with van der Waals surface area (Å²) in [5.41, 5.74) is 0.527. The molecule has 0 saturated carbocycles. The average molecular weight is 361 g/mol. The van der Waals surface area contributed by atoms with Crippen LogP contribution in [0.15, 0.2) is 41.8 Å². The fourth-order valence-electron chi connectivity index (χ4n) is 2.53. The molecule has 1 heterocycles. The van der Waals surface area contributed by atoms with Gasteiger partial charge in [-0.25, -0.2) is 4.79 Å². The first-order valence-corrected chi connectivity index (χ1v) is 9.16. The fraction of sp³-hybridized carbons (Fsp3) is 0.368. The number of unbranched alkanes of at least 4 members (excludes halogenated alkanes) is 2. The van der Waals surface area contributed by atoms with Crippen molar-refractivity contribution in [3.05, 3.63) is 52.2 Å². The third kappa shape index (κ3) is 6.23. The molecule has 0 aliphatic heterocycles. The predicted octanol–water partition coefficient (Wildman–Crippen LogP) is 3.80. The van der Waals surface area contributed by atoms with Crippen LogP contribution in [0.5, 0.6) is 5.75 Å². The molecule has 1 aromatic heterocycles. The lowest BCUT2D eigenvalue weighted by Crippen LogP contribution is -2.33. The van der Waals surface area contributed by atoms with Gasteiger partial charge in [-0.2, -0.15) is 0 Å². The monoisotopic (exact) mass is 361 g/mol. The van der Waals surface area contributed by atoms with Crippen LogP contribution in [-0.2, 0) is 16.0 Å². The maximum absolute atomic E-state index is 12.0. The Labute approximate surface area is 151 Å². The molecule has 0 radical (unpaired) electrons. The molecule has 0 saturated heterocycles. The number of aliphatic carboxylic acids is 1. The summed E-state index contributed by atoms with van der Waals surface area (Å²) in [6, 6.07) is 9.79. The highest BCUT2D eigenvalue weighted by atomic mass is 32.1. The van der Waals surface area contributed by atoms with Crippen LogP contribution in [-0.4, -0.2) is 24.1 Å². The molecule has 1 atom stereocenters. The number of ether oxygens (including phenoxy) is 1. The van der Waals surface area contributed by atoms with Crippen LogP contribution in [0.1, 0.15) is 42.2 Å². The van der Waals surface area contributed by atoms with E-state index in [1.807, 2.05) is 6.07 Å². The molecule has 5 nitrogen and oxygen atoms in total. The van der Waals surface area contributed by atoms with Gasteiger partial charge in [0.2, 0.25) is 5.91 Å². The first kappa shape index (κ1) is 19.0. The van der Waals surface area contributed by atoms with Gasteiger partial charge in [0.05, 0.1) is 7.11 Å². The van der Waals surface area contributed by atoms with Gasteiger partial charge in [0, 0.05) is 11.3 Å². The van der Waals surface area contributed by atoms with Crippen LogP contribution in [0.3, 0.4) is 0 Å². The molecule has 6 heteroatoms. The van der Waals surface area contributed by atoms with E-state index >= 15 is 0 Å². The zero-order valence-electron chi connectivity index (χ0n) is 14.2. The van der Waals surface area contributed by atoms with Crippen LogP contribution in [0.4, 0.5) is 0 Å². The Kier molecular flexibility index (Phi) is 7.47. The van der Waals surface area contributed by atoms with Gasteiger partial charge in [0.25, 0.3) is 0 Å². The number of hydrogen-bond donors (Lipinski definition) is 2. The quantitative estimate of drug-likeness (QED) is 0.631. The molecule has 25 heavy (non-hydrogen) atoms. The van der Waals surface area contributed by atoms with Gasteiger partial charge in [-0.1, -0.05) is 24.6 Å². The summed E-state index contributed by atoms with van der Waals surface area (Å²) in [4.78, 5) is 24.9. The first-order chi connectivity index (χ1) is 12.1. The number of carbonyl (C=O) groups is 2. The SMILES string of the molecule is COc1ccc(C(NC(=O)CCCCCc2cccs2)C(=O)O)cc1. The number of nitrogens with one attached hydrogen (secondary N) is 1. The summed E-state index contributed by atoms with van der Waals surface area (Å²) >= 11 is 1.75. The highest BCUT2D eigenvalue weighted by Gasteiger charge is 2.21. The number of benzene rings is 1. The summed E-state index contributed by atoms with van der Waals surface area (Å²) in [6.07, 6.45) is 4.11. The van der Waals surface area contributed by atoms with Crippen molar-refractivity contribution in [2.45, 2.75) is 38.1 Å². The molecule has 0 aliphatic carbocycles. The van der Waals surface area contributed by atoms with Gasteiger partial charge in [0.1, 0.15) is 5.75 Å². The molecule has 0 fully saturated rings. The standard InChI is InChI=1S/C19H23NO4S/c1-24-15-11-9-14(10-12-15)18(19(22)23)20-17(21)8-4-2-3-6-16-7-5-13-25-16/h5,7,9-13,18H,2-4,6,8H2,1H3,(H,20,21)(H,22,23). The van der Waals surface area contributed by atoms with Crippen molar-refractivity contribution in [1.82, 2.24) is 5.32 Å². The molecule has 1 amide bonds. The number of amides is 1. The molecule has 2 N–H and O–H groups in total. The van der Waals surface area contributed by atoms with Gasteiger partial charge >= 0.3 is 5.97 Å². The Morgan fingerprint density at radius 1 is 1.16 bits per heavy atom. The number of carbonyl (C=O) groups excluding carboxylic acids is 1. The Morgan fingerprint density at radius 2 is 1.92 bits per heavy atom. The number of rotatable bonds is 10. The van der Waals surface area contributed by atoms with Crippen molar-refractivity contribution in [2.24, 2.45) is 0 Å². The topological polar surface area (TPSA) is 75.6 Å². The van der Waals surface area contributed by atoms with Gasteiger partial charge in [-0.3, -0.25) is 4.79 Å². The van der Waals surface area contributed by atoms with E-state index in [0.717, 1.165) is 25.7 Å². The van der Waals surface area contributed by atoms with Gasteiger partial charge in [-0.05, 0) is 48.4 Å². The van der Waals surface area contributed by atoms with E-state index in [-0.39, 0.29) is 5.91 Å². The normalized spacial score (nSPS) is 11.7. The molecule has 134 valence electrons. The maximum atomic E-state index is 12.0. The lowest BCUT2D eigenvalue weighted by Gasteiger charge is -2.15. The Balaban J connectivity index is 1.76. The highest BCUT2D eigenvalue weighted by molar-refractivity contribution is 7.09. The van der Waals surface area contributed by atoms with Gasteiger partial charge < -0.3 is 15.2 Å². The molecule has 2 rings (SSSR count). The second-order valence-corrected chi connectivity index (χ2v) is 6.78. The smallest absolute Gasteiger partial charge is 0.330 e. The van der Waals surface area contributed by atoms with Gasteiger partial charge in [-0.15, -0.1) is 11.3 Å². The van der Waals surface area contributed by atoms with E-state index in [4.69, 9.17) is 4.74 Å². The Hall–Kier alpha value is -2.34. The summed E-state index contributed by atoms with van der Waals surface area (Å²) in [5.74, 6) is -0.666. The van der Waals surface area contributed by atoms with Crippen molar-refractivity contribution in [2.75, 3.05) is 7.11 Å². The Bertz CT molecular complexity index is 667. The van der Waals surface area contributed by atoms with Crippen molar-refractivity contribution in [3.8, 4) is 5.75 Å².